The Morgan fingerprint density at radius 1 is 0.893 bits per heavy atom. The highest BCUT2D eigenvalue weighted by Crippen LogP contribution is 2.30. The fourth-order valence-corrected chi connectivity index (χ4v) is 2.28. The van der Waals surface area contributed by atoms with Gasteiger partial charge in [-0.05, 0) is 42.5 Å². The molecule has 0 spiro atoms. The highest BCUT2D eigenvalue weighted by molar-refractivity contribution is 5.99. The number of carbonyl (C=O) groups excluding carboxylic acids is 1. The summed E-state index contributed by atoms with van der Waals surface area (Å²) in [5.41, 5.74) is -0.413. The normalized spacial score (nSPS) is 11.0. The minimum atomic E-state index is -4.49. The van der Waals surface area contributed by atoms with Gasteiger partial charge in [0, 0.05) is 23.5 Å². The summed E-state index contributed by atoms with van der Waals surface area (Å²) in [4.78, 5) is 12.0. The topological polar surface area (TPSA) is 77.3 Å². The molecule has 3 rings (SSSR count). The van der Waals surface area contributed by atoms with Crippen LogP contribution in [0.2, 0.25) is 0 Å². The monoisotopic (exact) mass is 389 g/mol. The highest BCUT2D eigenvalue weighted by Gasteiger charge is 2.30. The number of anilines is 2. The van der Waals surface area contributed by atoms with Crippen molar-refractivity contribution in [2.75, 3.05) is 10.6 Å². The molecule has 0 radical (unpaired) electrons. The van der Waals surface area contributed by atoms with Gasteiger partial charge in [0.2, 0.25) is 0 Å². The lowest BCUT2D eigenvalue weighted by molar-refractivity contribution is -0.605. The summed E-state index contributed by atoms with van der Waals surface area (Å²) in [6, 6.07) is 13.0. The second kappa shape index (κ2) is 7.87. The van der Waals surface area contributed by atoms with E-state index in [0.717, 1.165) is 12.1 Å². The highest BCUT2D eigenvalue weighted by atomic mass is 19.4. The number of aromatic nitrogens is 1. The molecule has 0 saturated heterocycles. The van der Waals surface area contributed by atoms with Crippen molar-refractivity contribution >= 4 is 17.4 Å². The van der Waals surface area contributed by atoms with Gasteiger partial charge in [0.15, 0.2) is 12.4 Å². The molecule has 0 saturated carbocycles. The van der Waals surface area contributed by atoms with Crippen LogP contribution in [-0.2, 0) is 6.18 Å². The van der Waals surface area contributed by atoms with Crippen LogP contribution in [0.5, 0.6) is 11.5 Å². The second-order valence-corrected chi connectivity index (χ2v) is 5.68. The Morgan fingerprint density at radius 3 is 2.14 bits per heavy atom. The van der Waals surface area contributed by atoms with Crippen LogP contribution >= 0.6 is 0 Å². The van der Waals surface area contributed by atoms with E-state index in [1.165, 1.54) is 36.7 Å². The van der Waals surface area contributed by atoms with E-state index < -0.39 is 17.8 Å². The van der Waals surface area contributed by atoms with E-state index in [2.05, 4.69) is 10.6 Å². The number of pyridine rings is 1. The molecular weight excluding hydrogens is 375 g/mol. The van der Waals surface area contributed by atoms with Crippen LogP contribution < -0.4 is 20.1 Å². The Balaban J connectivity index is 1.59. The first-order chi connectivity index (χ1) is 13.3. The van der Waals surface area contributed by atoms with Crippen molar-refractivity contribution in [3.8, 4) is 11.5 Å². The molecule has 6 nitrogen and oxygen atoms in total. The molecule has 0 aliphatic heterocycles. The molecule has 0 atom stereocenters. The average Bonchev–Trinajstić information content (AvgIpc) is 2.65. The molecule has 144 valence electrons. The lowest BCUT2D eigenvalue weighted by Gasteiger charge is -2.11. The number of benzene rings is 2. The van der Waals surface area contributed by atoms with Gasteiger partial charge in [-0.25, -0.2) is 4.79 Å². The van der Waals surface area contributed by atoms with E-state index in [1.54, 1.807) is 24.3 Å². The molecule has 0 unspecified atom stereocenters. The Labute approximate surface area is 157 Å². The first kappa shape index (κ1) is 19.0. The number of carbonyl (C=O) groups is 1. The molecule has 0 aliphatic carbocycles. The predicted octanol–water partition coefficient (Wildman–Crippen LogP) is 4.78. The third-order valence-corrected chi connectivity index (χ3v) is 3.57. The predicted molar refractivity (Wildman–Crippen MR) is 96.0 cm³/mol. The lowest BCUT2D eigenvalue weighted by atomic mass is 10.2. The van der Waals surface area contributed by atoms with E-state index in [1.807, 2.05) is 0 Å². The Hall–Kier alpha value is -3.75. The summed E-state index contributed by atoms with van der Waals surface area (Å²) < 4.78 is 44.3. The van der Waals surface area contributed by atoms with Crippen LogP contribution in [0.3, 0.4) is 0 Å². The summed E-state index contributed by atoms with van der Waals surface area (Å²) in [6.07, 6.45) is -1.90. The number of amides is 2. The van der Waals surface area contributed by atoms with Gasteiger partial charge in [0.05, 0.1) is 5.56 Å². The largest absolute Gasteiger partial charge is 0.619 e. The van der Waals surface area contributed by atoms with E-state index in [9.17, 15) is 23.2 Å². The van der Waals surface area contributed by atoms with Gasteiger partial charge in [-0.3, -0.25) is 0 Å². The van der Waals surface area contributed by atoms with Crippen LogP contribution in [0.4, 0.5) is 29.3 Å². The Kier molecular flexibility index (Phi) is 5.35. The van der Waals surface area contributed by atoms with Crippen LogP contribution in [0.15, 0.2) is 73.1 Å². The van der Waals surface area contributed by atoms with Gasteiger partial charge in [-0.2, -0.15) is 17.9 Å². The second-order valence-electron chi connectivity index (χ2n) is 5.68. The fraction of sp³-hybridized carbons (Fsp3) is 0.0526. The van der Waals surface area contributed by atoms with Crippen LogP contribution in [-0.4, -0.2) is 6.03 Å². The minimum Gasteiger partial charge on any atom is -0.619 e. The quantitative estimate of drug-likeness (QED) is 0.498. The third-order valence-electron chi connectivity index (χ3n) is 3.57. The minimum absolute atomic E-state index is 0.0203. The van der Waals surface area contributed by atoms with Gasteiger partial charge in [-0.1, -0.05) is 6.07 Å². The van der Waals surface area contributed by atoms with Crippen molar-refractivity contribution in [2.24, 2.45) is 0 Å². The summed E-state index contributed by atoms with van der Waals surface area (Å²) in [7, 11) is 0. The number of nitrogens with one attached hydrogen (secondary N) is 2. The number of rotatable bonds is 4. The molecule has 2 N–H and O–H groups in total. The summed E-state index contributed by atoms with van der Waals surface area (Å²) in [6.45, 7) is 0. The zero-order valence-electron chi connectivity index (χ0n) is 14.2. The van der Waals surface area contributed by atoms with Crippen molar-refractivity contribution in [3.05, 3.63) is 83.8 Å². The van der Waals surface area contributed by atoms with Crippen LogP contribution in [0.1, 0.15) is 5.56 Å². The maximum Gasteiger partial charge on any atom is 0.416 e. The van der Waals surface area contributed by atoms with Crippen molar-refractivity contribution in [2.45, 2.75) is 6.18 Å². The molecule has 0 aliphatic rings. The van der Waals surface area contributed by atoms with Crippen molar-refractivity contribution in [1.29, 1.82) is 0 Å². The molecule has 1 aromatic heterocycles. The maximum absolute atomic E-state index is 12.7. The molecule has 28 heavy (non-hydrogen) atoms. The van der Waals surface area contributed by atoms with Crippen molar-refractivity contribution < 1.29 is 27.4 Å². The molecule has 2 aromatic carbocycles. The van der Waals surface area contributed by atoms with Gasteiger partial charge < -0.3 is 20.6 Å². The number of hydrogen-bond donors (Lipinski definition) is 2. The molecule has 1 heterocycles. The molecule has 0 fully saturated rings. The summed E-state index contributed by atoms with van der Waals surface area (Å²) in [5, 5.41) is 15.8. The van der Waals surface area contributed by atoms with E-state index >= 15 is 0 Å². The first-order valence-corrected chi connectivity index (χ1v) is 8.02. The third kappa shape index (κ3) is 5.13. The first-order valence-electron chi connectivity index (χ1n) is 8.02. The molecular formula is C19H14F3N3O3. The summed E-state index contributed by atoms with van der Waals surface area (Å²) >= 11 is 0. The van der Waals surface area contributed by atoms with Gasteiger partial charge >= 0.3 is 12.2 Å². The number of halogens is 3. The van der Waals surface area contributed by atoms with E-state index in [4.69, 9.17) is 4.74 Å². The standard InChI is InChI=1S/C19H14F3N3O3/c20-19(21,22)13-2-1-3-15(12-13)24-18(26)23-14-4-6-16(7-5-14)28-17-8-10-25(27)11-9-17/h1-12H,(H2,23,24,26). The average molecular weight is 389 g/mol. The lowest BCUT2D eigenvalue weighted by Crippen LogP contribution is -2.23. The molecule has 0 bridgehead atoms. The molecule has 3 aromatic rings. The number of hydrogen-bond acceptors (Lipinski definition) is 3. The van der Waals surface area contributed by atoms with Crippen molar-refractivity contribution in [3.63, 3.8) is 0 Å². The fourth-order valence-electron chi connectivity index (χ4n) is 2.28. The van der Waals surface area contributed by atoms with Crippen molar-refractivity contribution in [1.82, 2.24) is 0 Å². The van der Waals surface area contributed by atoms with Gasteiger partial charge in [0.25, 0.3) is 0 Å². The zero-order chi connectivity index (χ0) is 20.1. The van der Waals surface area contributed by atoms with Gasteiger partial charge in [0.1, 0.15) is 11.5 Å². The van der Waals surface area contributed by atoms with Gasteiger partial charge in [-0.15, -0.1) is 0 Å². The number of alkyl halides is 3. The van der Waals surface area contributed by atoms with Crippen LogP contribution in [0, 0.1) is 5.21 Å². The zero-order valence-corrected chi connectivity index (χ0v) is 14.2. The summed E-state index contributed by atoms with van der Waals surface area (Å²) in [5.74, 6) is 0.947. The Bertz CT molecular complexity index is 959. The smallest absolute Gasteiger partial charge is 0.416 e. The van der Waals surface area contributed by atoms with Crippen LogP contribution in [0.25, 0.3) is 0 Å². The number of nitrogens with zero attached hydrogens (tertiary/aromatic N) is 1. The molecule has 9 heteroatoms. The number of ether oxygens (including phenoxy) is 1. The van der Waals surface area contributed by atoms with E-state index in [-0.39, 0.29) is 5.69 Å². The Morgan fingerprint density at radius 2 is 1.50 bits per heavy atom. The molecule has 2 amide bonds. The SMILES string of the molecule is O=C(Nc1ccc(Oc2cc[n+]([O-])cc2)cc1)Nc1cccc(C(F)(F)F)c1. The van der Waals surface area contributed by atoms with E-state index in [0.29, 0.717) is 21.9 Å². The number of urea groups is 1. The maximum atomic E-state index is 12.7.